The highest BCUT2D eigenvalue weighted by Gasteiger charge is 2.48. The van der Waals surface area contributed by atoms with Crippen molar-refractivity contribution in [1.82, 2.24) is 10.6 Å². The number of piperidine rings is 2. The smallest absolute Gasteiger partial charge is 0.306 e. The number of unbranched alkanes of at least 4 members (excludes halogenated alkanes) is 5. The van der Waals surface area contributed by atoms with Gasteiger partial charge in [0.05, 0.1) is 0 Å². The Morgan fingerprint density at radius 3 is 1.25 bits per heavy atom. The molecule has 48 heavy (non-hydrogen) atoms. The van der Waals surface area contributed by atoms with Gasteiger partial charge in [0.15, 0.2) is 0 Å². The Balaban J connectivity index is 1.15. The Morgan fingerprint density at radius 2 is 0.896 bits per heavy atom. The number of hydrogen-bond acceptors (Lipinski definition) is 6. The highest BCUT2D eigenvalue weighted by atomic mass is 16.5. The fraction of sp³-hybridized carbons (Fsp3) is 0.667. The summed E-state index contributed by atoms with van der Waals surface area (Å²) < 4.78 is 12.4. The molecule has 0 radical (unpaired) electrons. The molecule has 4 unspecified atom stereocenters. The van der Waals surface area contributed by atoms with Gasteiger partial charge in [-0.15, -0.1) is 0 Å². The van der Waals surface area contributed by atoms with Gasteiger partial charge in [-0.1, -0.05) is 86.3 Å². The molecule has 2 heterocycles. The molecule has 0 aromatic heterocycles. The first-order valence-corrected chi connectivity index (χ1v) is 18.6. The zero-order valence-corrected chi connectivity index (χ0v) is 31.2. The third-order valence-electron chi connectivity index (χ3n) is 10.7. The van der Waals surface area contributed by atoms with Crippen LogP contribution in [0.5, 0.6) is 0 Å². The maximum atomic E-state index is 13.0. The molecule has 2 aromatic rings. The van der Waals surface area contributed by atoms with E-state index in [4.69, 9.17) is 9.47 Å². The monoisotopic (exact) mass is 660 g/mol. The summed E-state index contributed by atoms with van der Waals surface area (Å²) in [6, 6.07) is 21.0. The molecule has 6 heteroatoms. The van der Waals surface area contributed by atoms with E-state index < -0.39 is 0 Å². The first-order chi connectivity index (χ1) is 22.6. The summed E-state index contributed by atoms with van der Waals surface area (Å²) in [7, 11) is 0. The van der Waals surface area contributed by atoms with Gasteiger partial charge in [-0.05, 0) is 92.2 Å². The quantitative estimate of drug-likeness (QED) is 0.147. The van der Waals surface area contributed by atoms with Crippen LogP contribution in [0.1, 0.15) is 131 Å². The predicted molar refractivity (Wildman–Crippen MR) is 196 cm³/mol. The molecule has 2 N–H and O–H groups in total. The van der Waals surface area contributed by atoms with Gasteiger partial charge in [0.25, 0.3) is 0 Å². The van der Waals surface area contributed by atoms with Gasteiger partial charge < -0.3 is 20.1 Å². The van der Waals surface area contributed by atoms with E-state index in [1.165, 1.54) is 11.1 Å². The molecule has 0 spiro atoms. The Morgan fingerprint density at radius 1 is 0.562 bits per heavy atom. The Bertz CT molecular complexity index is 1200. The van der Waals surface area contributed by atoms with Crippen molar-refractivity contribution in [2.45, 2.75) is 167 Å². The second-order valence-corrected chi connectivity index (χ2v) is 17.1. The number of benzene rings is 2. The minimum Gasteiger partial charge on any atom is -0.462 e. The van der Waals surface area contributed by atoms with Crippen molar-refractivity contribution in [2.75, 3.05) is 0 Å². The van der Waals surface area contributed by atoms with Crippen LogP contribution in [-0.2, 0) is 31.9 Å². The summed E-state index contributed by atoms with van der Waals surface area (Å²) in [6.45, 7) is 17.7. The summed E-state index contributed by atoms with van der Waals surface area (Å²) in [5, 5.41) is 7.61. The minimum absolute atomic E-state index is 0.0795. The van der Waals surface area contributed by atoms with Gasteiger partial charge in [-0.25, -0.2) is 0 Å². The van der Waals surface area contributed by atoms with Crippen LogP contribution < -0.4 is 10.6 Å². The lowest BCUT2D eigenvalue weighted by Gasteiger charge is -2.51. The van der Waals surface area contributed by atoms with Crippen LogP contribution in [-0.4, -0.2) is 46.3 Å². The second-order valence-electron chi connectivity index (χ2n) is 17.1. The molecule has 0 amide bonds. The third kappa shape index (κ3) is 11.4. The van der Waals surface area contributed by atoms with E-state index in [1.54, 1.807) is 0 Å². The van der Waals surface area contributed by atoms with Crippen LogP contribution in [0.3, 0.4) is 0 Å². The topological polar surface area (TPSA) is 76.7 Å². The lowest BCUT2D eigenvalue weighted by Crippen LogP contribution is -2.65. The molecular weight excluding hydrogens is 596 g/mol. The van der Waals surface area contributed by atoms with Crippen LogP contribution in [0.4, 0.5) is 0 Å². The van der Waals surface area contributed by atoms with Crippen LogP contribution in [0.2, 0.25) is 0 Å². The van der Waals surface area contributed by atoms with Gasteiger partial charge in [-0.3, -0.25) is 9.59 Å². The van der Waals surface area contributed by atoms with Gasteiger partial charge in [-0.2, -0.15) is 0 Å². The van der Waals surface area contributed by atoms with Crippen molar-refractivity contribution in [3.63, 3.8) is 0 Å². The van der Waals surface area contributed by atoms with Crippen molar-refractivity contribution in [2.24, 2.45) is 11.8 Å². The van der Waals surface area contributed by atoms with Gasteiger partial charge >= 0.3 is 11.9 Å². The fourth-order valence-corrected chi connectivity index (χ4v) is 8.71. The third-order valence-corrected chi connectivity index (χ3v) is 10.7. The van der Waals surface area contributed by atoms with Crippen molar-refractivity contribution in [1.29, 1.82) is 0 Å². The Hall–Kier alpha value is -2.70. The summed E-state index contributed by atoms with van der Waals surface area (Å²) in [5.41, 5.74) is 2.05. The minimum atomic E-state index is -0.153. The van der Waals surface area contributed by atoms with Crippen molar-refractivity contribution < 1.29 is 19.1 Å². The van der Waals surface area contributed by atoms with Crippen molar-refractivity contribution >= 4 is 11.9 Å². The zero-order chi connectivity index (χ0) is 35.0. The fourth-order valence-electron chi connectivity index (χ4n) is 8.71. The molecule has 2 saturated heterocycles. The average molecular weight is 661 g/mol. The highest BCUT2D eigenvalue weighted by molar-refractivity contribution is 5.70. The summed E-state index contributed by atoms with van der Waals surface area (Å²) in [4.78, 5) is 26.0. The van der Waals surface area contributed by atoms with E-state index in [0.29, 0.717) is 12.8 Å². The van der Waals surface area contributed by atoms with Gasteiger partial charge in [0.2, 0.25) is 0 Å². The summed E-state index contributed by atoms with van der Waals surface area (Å²) in [6.07, 6.45) is 9.86. The van der Waals surface area contributed by atoms with Gasteiger partial charge in [0, 0.05) is 59.7 Å². The maximum Gasteiger partial charge on any atom is 0.306 e. The van der Waals surface area contributed by atoms with E-state index in [0.717, 1.165) is 64.2 Å². The lowest BCUT2D eigenvalue weighted by molar-refractivity contribution is -0.160. The van der Waals surface area contributed by atoms with E-state index in [2.05, 4.69) is 115 Å². The number of hydrogen-bond donors (Lipinski definition) is 2. The molecule has 6 nitrogen and oxygen atoms in total. The Kier molecular flexibility index (Phi) is 13.0. The average Bonchev–Trinajstić information content (AvgIpc) is 2.97. The van der Waals surface area contributed by atoms with E-state index >= 15 is 0 Å². The Labute approximate surface area is 291 Å². The molecule has 4 rings (SSSR count). The molecular formula is C42H64N2O4. The first kappa shape index (κ1) is 38.1. The second kappa shape index (κ2) is 16.3. The van der Waals surface area contributed by atoms with Gasteiger partial charge in [0.1, 0.15) is 12.2 Å². The van der Waals surface area contributed by atoms with Crippen LogP contribution in [0, 0.1) is 11.8 Å². The molecule has 0 saturated carbocycles. The van der Waals surface area contributed by atoms with Crippen LogP contribution in [0.15, 0.2) is 60.7 Å². The predicted octanol–water partition coefficient (Wildman–Crippen LogP) is 8.75. The van der Waals surface area contributed by atoms with Crippen molar-refractivity contribution in [3.8, 4) is 0 Å². The SMILES string of the molecule is CC1(C)CC(OC(=O)CCCCCCCCC(=O)OC2CC(C)(C)NC(C)(C)C2Cc2ccccc2)C(Cc2ccccc2)C(C)(C)N1. The van der Waals surface area contributed by atoms with E-state index in [9.17, 15) is 9.59 Å². The largest absolute Gasteiger partial charge is 0.462 e. The lowest BCUT2D eigenvalue weighted by atomic mass is 9.70. The maximum absolute atomic E-state index is 13.0. The number of carbonyl (C=O) groups is 2. The first-order valence-electron chi connectivity index (χ1n) is 18.6. The highest BCUT2D eigenvalue weighted by Crippen LogP contribution is 2.39. The van der Waals surface area contributed by atoms with Crippen LogP contribution >= 0.6 is 0 Å². The molecule has 0 aliphatic carbocycles. The molecule has 2 aromatic carbocycles. The summed E-state index contributed by atoms with van der Waals surface area (Å²) in [5.74, 6) is 0.241. The standard InChI is InChI=1S/C42H64N2O4/c1-39(2)29-35(33(41(5,6)43-39)27-31-21-15-13-16-22-31)47-37(45)25-19-11-9-10-12-20-26-38(46)48-36-30-40(3,4)44-42(7,8)34(36)28-32-23-17-14-18-24-32/h13-18,21-24,33-36,43-44H,9-12,19-20,25-30H2,1-8H3. The number of nitrogens with one attached hydrogen (secondary N) is 2. The molecule has 2 fully saturated rings. The molecule has 2 aliphatic heterocycles. The van der Waals surface area contributed by atoms with E-state index in [-0.39, 0.29) is 58.1 Å². The number of carbonyl (C=O) groups excluding carboxylic acids is 2. The molecule has 2 aliphatic rings. The van der Waals surface area contributed by atoms with E-state index in [1.807, 2.05) is 12.1 Å². The molecule has 4 atom stereocenters. The molecule has 266 valence electrons. The molecule has 0 bridgehead atoms. The zero-order valence-electron chi connectivity index (χ0n) is 31.2. The van der Waals surface area contributed by atoms with Crippen molar-refractivity contribution in [3.05, 3.63) is 71.8 Å². The normalized spacial score (nSPS) is 25.6. The van der Waals surface area contributed by atoms with Crippen LogP contribution in [0.25, 0.3) is 0 Å². The summed E-state index contributed by atoms with van der Waals surface area (Å²) >= 11 is 0. The number of esters is 2. The number of rotatable bonds is 15. The number of ether oxygens (including phenoxy) is 2.